The number of nitrogens with zero attached hydrogens (tertiary/aromatic N) is 4. The van der Waals surface area contributed by atoms with Crippen LogP contribution in [0.25, 0.3) is 0 Å². The molecule has 1 fully saturated rings. The number of hydrogen-bond acceptors (Lipinski definition) is 5. The van der Waals surface area contributed by atoms with E-state index >= 15 is 0 Å². The summed E-state index contributed by atoms with van der Waals surface area (Å²) in [5.74, 6) is 1.55. The summed E-state index contributed by atoms with van der Waals surface area (Å²) in [6, 6.07) is 0. The van der Waals surface area contributed by atoms with Gasteiger partial charge in [-0.3, -0.25) is 14.6 Å². The van der Waals surface area contributed by atoms with E-state index in [-0.39, 0.29) is 23.7 Å². The van der Waals surface area contributed by atoms with E-state index < -0.39 is 0 Å². The topological polar surface area (TPSA) is 78.4 Å². The fraction of sp³-hybridized carbons (Fsp3) is 0.652. The lowest BCUT2D eigenvalue weighted by Crippen LogP contribution is -2.47. The summed E-state index contributed by atoms with van der Waals surface area (Å²) in [4.78, 5) is 37.5. The smallest absolute Gasteiger partial charge is 0.271 e. The predicted molar refractivity (Wildman–Crippen MR) is 117 cm³/mol. The van der Waals surface area contributed by atoms with Crippen molar-refractivity contribution in [3.63, 3.8) is 0 Å². The van der Waals surface area contributed by atoms with Crippen LogP contribution in [0.15, 0.2) is 30.2 Å². The van der Waals surface area contributed by atoms with Crippen molar-refractivity contribution in [1.29, 1.82) is 0 Å². The standard InChI is InChI=1S/C23H35N5O2/c1-16(2)20-12-18(13-22(29)28-9-7-27(4)8-10-28)17(3)11-19(20)14-26-23(30)21-15-24-5-6-25-21/h5-6,11,15-16,18-20H,7-10,12-14H2,1-4H3,(H,26,30). The number of rotatable bonds is 6. The summed E-state index contributed by atoms with van der Waals surface area (Å²) < 4.78 is 0. The van der Waals surface area contributed by atoms with Gasteiger partial charge in [-0.25, -0.2) is 4.98 Å². The second-order valence-electron chi connectivity index (χ2n) is 9.10. The monoisotopic (exact) mass is 413 g/mol. The first kappa shape index (κ1) is 22.4. The molecule has 0 bridgehead atoms. The van der Waals surface area contributed by atoms with Gasteiger partial charge in [0.1, 0.15) is 5.69 Å². The number of carbonyl (C=O) groups excluding carboxylic acids is 2. The molecule has 1 saturated heterocycles. The first-order chi connectivity index (χ1) is 14.3. The summed E-state index contributed by atoms with van der Waals surface area (Å²) in [6.45, 7) is 10.7. The molecule has 2 heterocycles. The van der Waals surface area contributed by atoms with Crippen LogP contribution in [-0.4, -0.2) is 71.4 Å². The van der Waals surface area contributed by atoms with Gasteiger partial charge in [0, 0.05) is 51.5 Å². The Balaban J connectivity index is 1.61. The van der Waals surface area contributed by atoms with Gasteiger partial charge >= 0.3 is 0 Å². The van der Waals surface area contributed by atoms with E-state index in [1.165, 1.54) is 18.0 Å². The average molecular weight is 414 g/mol. The van der Waals surface area contributed by atoms with Gasteiger partial charge in [0.15, 0.2) is 0 Å². The molecule has 164 valence electrons. The van der Waals surface area contributed by atoms with Crippen LogP contribution in [0.1, 0.15) is 44.1 Å². The van der Waals surface area contributed by atoms with E-state index in [1.807, 2.05) is 4.90 Å². The third-order valence-electron chi connectivity index (χ3n) is 6.65. The van der Waals surface area contributed by atoms with Gasteiger partial charge in [0.05, 0.1) is 6.20 Å². The number of amides is 2. The van der Waals surface area contributed by atoms with E-state index in [1.54, 1.807) is 6.20 Å². The number of allylic oxidation sites excluding steroid dienone is 1. The highest BCUT2D eigenvalue weighted by Gasteiger charge is 2.33. The Morgan fingerprint density at radius 1 is 1.20 bits per heavy atom. The number of carbonyl (C=O) groups is 2. The van der Waals surface area contributed by atoms with Gasteiger partial charge < -0.3 is 15.1 Å². The van der Waals surface area contributed by atoms with E-state index in [0.717, 1.165) is 32.6 Å². The predicted octanol–water partition coefficient (Wildman–Crippen LogP) is 2.23. The molecule has 2 amide bonds. The van der Waals surface area contributed by atoms with Crippen molar-refractivity contribution >= 4 is 11.8 Å². The lowest BCUT2D eigenvalue weighted by Gasteiger charge is -2.38. The molecule has 1 aliphatic heterocycles. The molecule has 1 aliphatic carbocycles. The molecule has 7 heteroatoms. The normalized spacial score (nSPS) is 25.2. The molecule has 3 unspecified atom stereocenters. The molecular formula is C23H35N5O2. The average Bonchev–Trinajstić information content (AvgIpc) is 2.74. The molecular weight excluding hydrogens is 378 g/mol. The van der Waals surface area contributed by atoms with Crippen LogP contribution in [0.3, 0.4) is 0 Å². The quantitative estimate of drug-likeness (QED) is 0.724. The summed E-state index contributed by atoms with van der Waals surface area (Å²) in [6.07, 6.45) is 8.43. The first-order valence-corrected chi connectivity index (χ1v) is 11.0. The van der Waals surface area contributed by atoms with Crippen molar-refractivity contribution < 1.29 is 9.59 Å². The van der Waals surface area contributed by atoms with Crippen LogP contribution in [0.4, 0.5) is 0 Å². The van der Waals surface area contributed by atoms with Gasteiger partial charge in [0.2, 0.25) is 5.91 Å². The molecule has 7 nitrogen and oxygen atoms in total. The summed E-state index contributed by atoms with van der Waals surface area (Å²) >= 11 is 0. The van der Waals surface area contributed by atoms with Crippen molar-refractivity contribution in [1.82, 2.24) is 25.1 Å². The first-order valence-electron chi connectivity index (χ1n) is 11.0. The zero-order chi connectivity index (χ0) is 21.7. The van der Waals surface area contributed by atoms with Crippen molar-refractivity contribution in [2.75, 3.05) is 39.8 Å². The third-order valence-corrected chi connectivity index (χ3v) is 6.65. The van der Waals surface area contributed by atoms with Gasteiger partial charge in [-0.2, -0.15) is 0 Å². The molecule has 1 aromatic heterocycles. The zero-order valence-electron chi connectivity index (χ0n) is 18.7. The Kier molecular flexibility index (Phi) is 7.58. The maximum atomic E-state index is 12.9. The number of aromatic nitrogens is 2. The molecule has 1 aromatic rings. The number of hydrogen-bond donors (Lipinski definition) is 1. The van der Waals surface area contributed by atoms with E-state index in [9.17, 15) is 9.59 Å². The van der Waals surface area contributed by atoms with Crippen LogP contribution >= 0.6 is 0 Å². The number of piperazine rings is 1. The molecule has 0 aromatic carbocycles. The molecule has 0 saturated carbocycles. The maximum absolute atomic E-state index is 12.9. The Hall–Kier alpha value is -2.28. The molecule has 0 spiro atoms. The summed E-state index contributed by atoms with van der Waals surface area (Å²) in [5.41, 5.74) is 1.61. The van der Waals surface area contributed by atoms with Crippen LogP contribution in [0, 0.1) is 23.7 Å². The second-order valence-corrected chi connectivity index (χ2v) is 9.10. The molecule has 3 atom stereocenters. The fourth-order valence-corrected chi connectivity index (χ4v) is 4.62. The minimum absolute atomic E-state index is 0.191. The Labute approximate surface area is 179 Å². The van der Waals surface area contributed by atoms with Gasteiger partial charge in [-0.05, 0) is 44.1 Å². The lowest BCUT2D eigenvalue weighted by atomic mass is 9.69. The highest BCUT2D eigenvalue weighted by molar-refractivity contribution is 5.91. The molecule has 1 N–H and O–H groups in total. The summed E-state index contributed by atoms with van der Waals surface area (Å²) in [5, 5.41) is 3.02. The minimum atomic E-state index is -0.191. The second kappa shape index (κ2) is 10.2. The van der Waals surface area contributed by atoms with E-state index in [0.29, 0.717) is 30.5 Å². The fourth-order valence-electron chi connectivity index (χ4n) is 4.62. The number of likely N-dealkylation sites (N-methyl/N-ethyl adjacent to an activating group) is 1. The van der Waals surface area contributed by atoms with Crippen LogP contribution < -0.4 is 5.32 Å². The van der Waals surface area contributed by atoms with Crippen molar-refractivity contribution in [2.24, 2.45) is 23.7 Å². The van der Waals surface area contributed by atoms with Crippen molar-refractivity contribution in [3.8, 4) is 0 Å². The highest BCUT2D eigenvalue weighted by Crippen LogP contribution is 2.39. The van der Waals surface area contributed by atoms with E-state index in [4.69, 9.17) is 0 Å². The molecule has 3 rings (SSSR count). The Morgan fingerprint density at radius 3 is 2.57 bits per heavy atom. The van der Waals surface area contributed by atoms with Crippen molar-refractivity contribution in [3.05, 3.63) is 35.9 Å². The summed E-state index contributed by atoms with van der Waals surface area (Å²) in [7, 11) is 2.10. The Morgan fingerprint density at radius 2 is 1.93 bits per heavy atom. The zero-order valence-corrected chi connectivity index (χ0v) is 18.7. The molecule has 30 heavy (non-hydrogen) atoms. The van der Waals surface area contributed by atoms with Crippen molar-refractivity contribution in [2.45, 2.75) is 33.6 Å². The highest BCUT2D eigenvalue weighted by atomic mass is 16.2. The van der Waals surface area contributed by atoms with Crippen LogP contribution in [0.5, 0.6) is 0 Å². The van der Waals surface area contributed by atoms with Gasteiger partial charge in [-0.1, -0.05) is 25.5 Å². The number of nitrogens with one attached hydrogen (secondary N) is 1. The third kappa shape index (κ3) is 5.65. The SMILES string of the molecule is CC1=CC(CNC(=O)c2cnccn2)C(C(C)C)CC1CC(=O)N1CCN(C)CC1. The Bertz CT molecular complexity index is 756. The van der Waals surface area contributed by atoms with Crippen LogP contribution in [-0.2, 0) is 4.79 Å². The van der Waals surface area contributed by atoms with Gasteiger partial charge in [0.25, 0.3) is 5.91 Å². The maximum Gasteiger partial charge on any atom is 0.271 e. The van der Waals surface area contributed by atoms with Gasteiger partial charge in [-0.15, -0.1) is 0 Å². The van der Waals surface area contributed by atoms with Crippen LogP contribution in [0.2, 0.25) is 0 Å². The molecule has 0 radical (unpaired) electrons. The minimum Gasteiger partial charge on any atom is -0.350 e. The molecule has 2 aliphatic rings. The lowest BCUT2D eigenvalue weighted by molar-refractivity contribution is -0.133. The van der Waals surface area contributed by atoms with E-state index in [2.05, 4.69) is 54.1 Å². The largest absolute Gasteiger partial charge is 0.350 e.